The predicted octanol–water partition coefficient (Wildman–Crippen LogP) is 4.60. The van der Waals surface area contributed by atoms with Crippen LogP contribution in [0, 0.1) is 0 Å². The number of rotatable bonds is 5. The minimum atomic E-state index is -0.196. The molecule has 0 saturated heterocycles. The molecule has 0 aliphatic heterocycles. The van der Waals surface area contributed by atoms with Gasteiger partial charge in [0.25, 0.3) is 5.56 Å². The zero-order valence-electron chi connectivity index (χ0n) is 16.4. The minimum absolute atomic E-state index is 0.127. The average molecular weight is 427 g/mol. The van der Waals surface area contributed by atoms with Crippen LogP contribution in [0.2, 0.25) is 0 Å². The second-order valence-corrected chi connectivity index (χ2v) is 7.91. The van der Waals surface area contributed by atoms with Crippen molar-refractivity contribution in [3.8, 4) is 5.69 Å². The first-order chi connectivity index (χ1) is 15.2. The maximum Gasteiger partial charge on any atom is 0.283 e. The monoisotopic (exact) mass is 426 g/mol. The van der Waals surface area contributed by atoms with Crippen LogP contribution in [0.3, 0.4) is 0 Å². The molecule has 2 aromatic heterocycles. The van der Waals surface area contributed by atoms with Gasteiger partial charge in [0.15, 0.2) is 5.16 Å². The highest BCUT2D eigenvalue weighted by atomic mass is 32.2. The molecule has 6 nitrogen and oxygen atoms in total. The van der Waals surface area contributed by atoms with Gasteiger partial charge < -0.3 is 10.3 Å². The molecule has 0 aliphatic carbocycles. The number of nitrogens with one attached hydrogen (secondary N) is 2. The van der Waals surface area contributed by atoms with Gasteiger partial charge in [-0.05, 0) is 30.3 Å². The summed E-state index contributed by atoms with van der Waals surface area (Å²) in [4.78, 5) is 33.9. The predicted molar refractivity (Wildman–Crippen MR) is 125 cm³/mol. The Morgan fingerprint density at radius 3 is 2.39 bits per heavy atom. The van der Waals surface area contributed by atoms with Crippen LogP contribution in [0.25, 0.3) is 27.6 Å². The van der Waals surface area contributed by atoms with Crippen molar-refractivity contribution < 1.29 is 4.79 Å². The summed E-state index contributed by atoms with van der Waals surface area (Å²) in [6.07, 6.45) is 0. The van der Waals surface area contributed by atoms with Crippen LogP contribution in [0.4, 0.5) is 5.69 Å². The summed E-state index contributed by atoms with van der Waals surface area (Å²) < 4.78 is 1.55. The molecule has 2 heterocycles. The van der Waals surface area contributed by atoms with E-state index in [4.69, 9.17) is 4.98 Å². The summed E-state index contributed by atoms with van der Waals surface area (Å²) in [5.41, 5.74) is 3.14. The van der Waals surface area contributed by atoms with Crippen molar-refractivity contribution in [3.63, 3.8) is 0 Å². The molecule has 0 bridgehead atoms. The lowest BCUT2D eigenvalue weighted by Gasteiger charge is -2.12. The number of anilines is 1. The van der Waals surface area contributed by atoms with Crippen LogP contribution in [0.5, 0.6) is 0 Å². The maximum atomic E-state index is 13.4. The van der Waals surface area contributed by atoms with Gasteiger partial charge in [0.1, 0.15) is 11.0 Å². The van der Waals surface area contributed by atoms with E-state index in [-0.39, 0.29) is 17.2 Å². The quantitative estimate of drug-likeness (QED) is 0.318. The van der Waals surface area contributed by atoms with E-state index in [0.29, 0.717) is 21.9 Å². The molecule has 5 rings (SSSR count). The summed E-state index contributed by atoms with van der Waals surface area (Å²) in [5.74, 6) is -0.0359. The standard InChI is InChI=1S/C24H18N4O2S/c29-20(25-16-9-3-1-4-10-16)15-31-24-27-21-18-13-7-8-14-19(18)26-22(21)23(30)28(24)17-11-5-2-6-12-17/h1-14,26H,15H2,(H,25,29). The Balaban J connectivity index is 1.57. The molecule has 0 radical (unpaired) electrons. The molecular formula is C24H18N4O2S. The molecule has 0 spiro atoms. The summed E-state index contributed by atoms with van der Waals surface area (Å²) in [6, 6.07) is 26.3. The summed E-state index contributed by atoms with van der Waals surface area (Å²) in [7, 11) is 0. The second kappa shape index (κ2) is 8.12. The molecule has 2 N–H and O–H groups in total. The van der Waals surface area contributed by atoms with Gasteiger partial charge in [-0.3, -0.25) is 14.2 Å². The lowest BCUT2D eigenvalue weighted by atomic mass is 10.2. The van der Waals surface area contributed by atoms with E-state index in [1.54, 1.807) is 4.57 Å². The number of fused-ring (bicyclic) bond motifs is 3. The average Bonchev–Trinajstić information content (AvgIpc) is 3.18. The first-order valence-electron chi connectivity index (χ1n) is 9.77. The van der Waals surface area contributed by atoms with Gasteiger partial charge in [-0.1, -0.05) is 66.4 Å². The SMILES string of the molecule is O=C(CSc1nc2c([nH]c3ccccc32)c(=O)n1-c1ccccc1)Nc1ccccc1. The van der Waals surface area contributed by atoms with Gasteiger partial charge in [0.05, 0.1) is 11.4 Å². The number of H-pyrrole nitrogens is 1. The van der Waals surface area contributed by atoms with Crippen molar-refractivity contribution in [2.75, 3.05) is 11.1 Å². The molecule has 0 fully saturated rings. The number of aromatic amines is 1. The van der Waals surface area contributed by atoms with Gasteiger partial charge >= 0.3 is 0 Å². The summed E-state index contributed by atoms with van der Waals surface area (Å²) >= 11 is 1.24. The van der Waals surface area contributed by atoms with Gasteiger partial charge in [0.2, 0.25) is 5.91 Å². The number of carbonyl (C=O) groups is 1. The van der Waals surface area contributed by atoms with Crippen molar-refractivity contribution in [1.82, 2.24) is 14.5 Å². The van der Waals surface area contributed by atoms with E-state index in [2.05, 4.69) is 10.3 Å². The number of para-hydroxylation sites is 3. The number of carbonyl (C=O) groups excluding carboxylic acids is 1. The van der Waals surface area contributed by atoms with E-state index < -0.39 is 0 Å². The minimum Gasteiger partial charge on any atom is -0.349 e. The normalized spacial score (nSPS) is 11.1. The molecule has 7 heteroatoms. The number of nitrogens with zero attached hydrogens (tertiary/aromatic N) is 2. The molecule has 31 heavy (non-hydrogen) atoms. The van der Waals surface area contributed by atoms with Crippen molar-refractivity contribution >= 4 is 45.3 Å². The number of thioether (sulfide) groups is 1. The van der Waals surface area contributed by atoms with E-state index in [1.165, 1.54) is 11.8 Å². The topological polar surface area (TPSA) is 79.8 Å². The van der Waals surface area contributed by atoms with Crippen molar-refractivity contribution in [2.45, 2.75) is 5.16 Å². The molecule has 5 aromatic rings. The number of amides is 1. The van der Waals surface area contributed by atoms with Crippen LogP contribution >= 0.6 is 11.8 Å². The van der Waals surface area contributed by atoms with Gasteiger partial charge in [-0.2, -0.15) is 0 Å². The Bertz CT molecular complexity index is 1440. The molecular weight excluding hydrogens is 408 g/mol. The fourth-order valence-electron chi connectivity index (χ4n) is 3.49. The zero-order chi connectivity index (χ0) is 21.2. The fraction of sp³-hybridized carbons (Fsp3) is 0.0417. The largest absolute Gasteiger partial charge is 0.349 e. The lowest BCUT2D eigenvalue weighted by molar-refractivity contribution is -0.113. The molecule has 1 amide bonds. The highest BCUT2D eigenvalue weighted by molar-refractivity contribution is 7.99. The van der Waals surface area contributed by atoms with Crippen LogP contribution in [0.1, 0.15) is 0 Å². The highest BCUT2D eigenvalue weighted by Gasteiger charge is 2.18. The third kappa shape index (κ3) is 3.71. The van der Waals surface area contributed by atoms with E-state index in [1.807, 2.05) is 84.9 Å². The van der Waals surface area contributed by atoms with E-state index >= 15 is 0 Å². The Labute approximate surface area is 181 Å². The zero-order valence-corrected chi connectivity index (χ0v) is 17.2. The van der Waals surface area contributed by atoms with Crippen LogP contribution in [-0.2, 0) is 4.79 Å². The van der Waals surface area contributed by atoms with Crippen molar-refractivity contribution in [3.05, 3.63) is 95.3 Å². The van der Waals surface area contributed by atoms with Gasteiger partial charge in [-0.25, -0.2) is 4.98 Å². The van der Waals surface area contributed by atoms with Crippen molar-refractivity contribution in [2.24, 2.45) is 0 Å². The van der Waals surface area contributed by atoms with Crippen LogP contribution in [-0.4, -0.2) is 26.2 Å². The third-order valence-corrected chi connectivity index (χ3v) is 5.84. The molecule has 0 unspecified atom stereocenters. The first kappa shape index (κ1) is 19.1. The fourth-order valence-corrected chi connectivity index (χ4v) is 4.30. The second-order valence-electron chi connectivity index (χ2n) is 6.97. The number of benzene rings is 3. The Morgan fingerprint density at radius 2 is 1.61 bits per heavy atom. The molecule has 0 saturated carbocycles. The summed E-state index contributed by atoms with van der Waals surface area (Å²) in [5, 5.41) is 4.22. The number of hydrogen-bond acceptors (Lipinski definition) is 4. The smallest absolute Gasteiger partial charge is 0.283 e. The molecule has 0 atom stereocenters. The lowest BCUT2D eigenvalue weighted by Crippen LogP contribution is -2.23. The van der Waals surface area contributed by atoms with Gasteiger partial charge in [0, 0.05) is 16.6 Å². The maximum absolute atomic E-state index is 13.4. The first-order valence-corrected chi connectivity index (χ1v) is 10.8. The van der Waals surface area contributed by atoms with Crippen molar-refractivity contribution in [1.29, 1.82) is 0 Å². The Morgan fingerprint density at radius 1 is 0.935 bits per heavy atom. The molecule has 0 aliphatic rings. The Kier molecular flexibility index (Phi) is 5.01. The van der Waals surface area contributed by atoms with E-state index in [9.17, 15) is 9.59 Å². The Hall–Kier alpha value is -3.84. The van der Waals surface area contributed by atoms with Crippen LogP contribution in [0.15, 0.2) is 94.9 Å². The molecule has 152 valence electrons. The number of aromatic nitrogens is 3. The van der Waals surface area contributed by atoms with Gasteiger partial charge in [-0.15, -0.1) is 0 Å². The van der Waals surface area contributed by atoms with E-state index in [0.717, 1.165) is 16.6 Å². The molecule has 3 aromatic carbocycles. The summed E-state index contributed by atoms with van der Waals surface area (Å²) in [6.45, 7) is 0. The highest BCUT2D eigenvalue weighted by Crippen LogP contribution is 2.26. The van der Waals surface area contributed by atoms with Crippen LogP contribution < -0.4 is 10.9 Å². The number of hydrogen-bond donors (Lipinski definition) is 2. The third-order valence-electron chi connectivity index (χ3n) is 4.90.